The van der Waals surface area contributed by atoms with E-state index < -0.39 is 0 Å². The van der Waals surface area contributed by atoms with Crippen LogP contribution in [-0.2, 0) is 7.05 Å². The lowest BCUT2D eigenvalue weighted by Gasteiger charge is -2.25. The van der Waals surface area contributed by atoms with Gasteiger partial charge in [-0.25, -0.2) is 0 Å². The highest BCUT2D eigenvalue weighted by atomic mass is 15.2. The fraction of sp³-hybridized carbons (Fsp3) is 0.0152. The van der Waals surface area contributed by atoms with E-state index in [4.69, 9.17) is 0 Å². The summed E-state index contributed by atoms with van der Waals surface area (Å²) in [7, 11) is 2.14. The molecular formula is C66H53N4+. The first-order valence-corrected chi connectivity index (χ1v) is 23.7. The number of rotatable bonds is 15. The first-order chi connectivity index (χ1) is 34.6. The van der Waals surface area contributed by atoms with Crippen LogP contribution in [0.15, 0.2) is 267 Å². The Morgan fingerprint density at radius 1 is 0.229 bits per heavy atom. The van der Waals surface area contributed by atoms with E-state index in [-0.39, 0.29) is 0 Å². The molecule has 0 atom stereocenters. The summed E-state index contributed by atoms with van der Waals surface area (Å²) in [6.07, 6.45) is 13.2. The molecule has 1 aromatic heterocycles. The normalized spacial score (nSPS) is 11.3. The number of para-hydroxylation sites is 6. The number of hydrogen-bond acceptors (Lipinski definition) is 3. The summed E-state index contributed by atoms with van der Waals surface area (Å²) in [4.78, 5) is 6.86. The van der Waals surface area contributed by atoms with Crippen LogP contribution in [0, 0.1) is 0 Å². The van der Waals surface area contributed by atoms with E-state index in [2.05, 4.69) is 330 Å². The molecule has 1 heterocycles. The van der Waals surface area contributed by atoms with Gasteiger partial charge < -0.3 is 14.7 Å². The number of benzene rings is 9. The number of hydrogen-bond donors (Lipinski definition) is 0. The maximum Gasteiger partial charge on any atom is 0.206 e. The zero-order valence-corrected chi connectivity index (χ0v) is 39.2. The molecule has 10 aromatic rings. The van der Waals surface area contributed by atoms with Gasteiger partial charge in [0, 0.05) is 75.5 Å². The molecule has 0 saturated carbocycles. The van der Waals surface area contributed by atoms with E-state index in [1.54, 1.807) is 0 Å². The minimum Gasteiger partial charge on any atom is -0.311 e. The molecule has 0 N–H and O–H groups in total. The summed E-state index contributed by atoms with van der Waals surface area (Å²) in [5.74, 6) is 0. The minimum atomic E-state index is 1.08. The molecular weight excluding hydrogens is 849 g/mol. The van der Waals surface area contributed by atoms with Crippen LogP contribution in [0.5, 0.6) is 0 Å². The van der Waals surface area contributed by atoms with Gasteiger partial charge in [-0.05, 0) is 144 Å². The second kappa shape index (κ2) is 21.6. The molecule has 336 valence electrons. The summed E-state index contributed by atoms with van der Waals surface area (Å²) in [5.41, 5.74) is 16.6. The van der Waals surface area contributed by atoms with Crippen molar-refractivity contribution in [2.45, 2.75) is 0 Å². The lowest BCUT2D eigenvalue weighted by molar-refractivity contribution is -0.675. The molecule has 9 aromatic carbocycles. The summed E-state index contributed by atoms with van der Waals surface area (Å²) in [6, 6.07) is 93.9. The summed E-state index contributed by atoms with van der Waals surface area (Å²) in [6.45, 7) is 0. The van der Waals surface area contributed by atoms with Crippen LogP contribution >= 0.6 is 0 Å². The van der Waals surface area contributed by atoms with Gasteiger partial charge in [0.25, 0.3) is 0 Å². The van der Waals surface area contributed by atoms with Crippen molar-refractivity contribution in [3.05, 3.63) is 301 Å². The Hall–Kier alpha value is -9.25. The van der Waals surface area contributed by atoms with Gasteiger partial charge in [-0.1, -0.05) is 158 Å². The van der Waals surface area contributed by atoms with Crippen molar-refractivity contribution in [2.24, 2.45) is 7.05 Å². The monoisotopic (exact) mass is 901 g/mol. The predicted octanol–water partition coefficient (Wildman–Crippen LogP) is 17.4. The fourth-order valence-corrected chi connectivity index (χ4v) is 8.71. The van der Waals surface area contributed by atoms with Crippen LogP contribution in [0.4, 0.5) is 51.2 Å². The third-order valence-corrected chi connectivity index (χ3v) is 12.3. The van der Waals surface area contributed by atoms with Crippen LogP contribution in [-0.4, -0.2) is 0 Å². The van der Waals surface area contributed by atoms with E-state index in [9.17, 15) is 0 Å². The zero-order chi connectivity index (χ0) is 47.3. The van der Waals surface area contributed by atoms with Gasteiger partial charge >= 0.3 is 0 Å². The molecule has 0 aliphatic heterocycles. The second-order valence-corrected chi connectivity index (χ2v) is 17.0. The van der Waals surface area contributed by atoms with E-state index in [1.165, 1.54) is 0 Å². The molecule has 0 unspecified atom stereocenters. The fourth-order valence-electron chi connectivity index (χ4n) is 8.71. The Kier molecular flexibility index (Phi) is 13.7. The average molecular weight is 902 g/mol. The molecule has 0 fully saturated rings. The molecule has 0 aliphatic rings. The van der Waals surface area contributed by atoms with Crippen LogP contribution in [0.2, 0.25) is 0 Å². The molecule has 0 saturated heterocycles. The van der Waals surface area contributed by atoms with Crippen LogP contribution in [0.3, 0.4) is 0 Å². The smallest absolute Gasteiger partial charge is 0.206 e. The average Bonchev–Trinajstić information content (AvgIpc) is 3.43. The summed E-state index contributed by atoms with van der Waals surface area (Å²) >= 11 is 0. The Morgan fingerprint density at radius 2 is 0.429 bits per heavy atom. The Labute approximate surface area is 412 Å². The lowest BCUT2D eigenvalue weighted by atomic mass is 10.1. The van der Waals surface area contributed by atoms with Gasteiger partial charge in [0.1, 0.15) is 7.05 Å². The van der Waals surface area contributed by atoms with Crippen LogP contribution < -0.4 is 19.3 Å². The van der Waals surface area contributed by atoms with E-state index in [0.717, 1.165) is 84.8 Å². The van der Waals surface area contributed by atoms with Gasteiger partial charge in [-0.3, -0.25) is 0 Å². The first-order valence-electron chi connectivity index (χ1n) is 23.7. The van der Waals surface area contributed by atoms with E-state index >= 15 is 0 Å². The first kappa shape index (κ1) is 44.6. The van der Waals surface area contributed by atoms with Gasteiger partial charge in [0.15, 0.2) is 0 Å². The highest BCUT2D eigenvalue weighted by molar-refractivity contribution is 5.82. The number of pyridine rings is 1. The zero-order valence-electron chi connectivity index (χ0n) is 39.2. The molecule has 10 rings (SSSR count). The van der Waals surface area contributed by atoms with E-state index in [1.807, 2.05) is 0 Å². The van der Waals surface area contributed by atoms with E-state index in [0.29, 0.717) is 0 Å². The third-order valence-electron chi connectivity index (χ3n) is 12.3. The number of aromatic nitrogens is 1. The van der Waals surface area contributed by atoms with Gasteiger partial charge in [-0.15, -0.1) is 0 Å². The Bertz CT molecular complexity index is 3040. The SMILES string of the molecule is C[n+]1c(/C=C/c2ccc(N(c3ccccc3)c3ccccc3)cc2)cc(/C=C/c2ccc(N(c3ccccc3)c3ccccc3)cc2)cc1/C=C/c1ccc(N(c2ccccc2)c2ccccc2)cc1. The van der Waals surface area contributed by atoms with Crippen molar-refractivity contribution in [2.75, 3.05) is 14.7 Å². The molecule has 0 amide bonds. The van der Waals surface area contributed by atoms with Crippen molar-refractivity contribution >= 4 is 87.6 Å². The molecule has 0 aliphatic carbocycles. The summed E-state index contributed by atoms with van der Waals surface area (Å²) in [5, 5.41) is 0. The molecule has 4 nitrogen and oxygen atoms in total. The lowest BCUT2D eigenvalue weighted by Crippen LogP contribution is -2.35. The van der Waals surface area contributed by atoms with Crippen molar-refractivity contribution in [1.29, 1.82) is 0 Å². The highest BCUT2D eigenvalue weighted by Gasteiger charge is 2.16. The van der Waals surface area contributed by atoms with Crippen molar-refractivity contribution in [3.8, 4) is 0 Å². The van der Waals surface area contributed by atoms with Gasteiger partial charge in [0.2, 0.25) is 11.4 Å². The molecule has 70 heavy (non-hydrogen) atoms. The molecule has 0 bridgehead atoms. The largest absolute Gasteiger partial charge is 0.311 e. The van der Waals surface area contributed by atoms with Crippen LogP contribution in [0.1, 0.15) is 33.6 Å². The molecule has 0 spiro atoms. The maximum atomic E-state index is 2.29. The van der Waals surface area contributed by atoms with Gasteiger partial charge in [0.05, 0.1) is 0 Å². The summed E-state index contributed by atoms with van der Waals surface area (Å²) < 4.78 is 2.25. The standard InChI is InChI=1S/C66H53N4/c1-67-65(48-40-53-36-44-63(45-37-53)69(58-24-12-4-13-25-58)59-26-14-5-15-27-59)50-55(33-32-52-34-42-62(43-35-52)68(56-20-8-2-9-21-56)57-22-10-3-11-23-57)51-66(67)49-41-54-38-46-64(47-39-54)70(60-28-16-6-17-29-60)61-30-18-7-19-31-61/h2-51H,1H3/q+1. The quantitative estimate of drug-likeness (QED) is 0.0952. The second-order valence-electron chi connectivity index (χ2n) is 17.0. The number of nitrogens with zero attached hydrogens (tertiary/aromatic N) is 4. The number of anilines is 9. The highest BCUT2D eigenvalue weighted by Crippen LogP contribution is 2.37. The molecule has 0 radical (unpaired) electrons. The predicted molar refractivity (Wildman–Crippen MR) is 298 cm³/mol. The van der Waals surface area contributed by atoms with Crippen molar-refractivity contribution in [1.82, 2.24) is 0 Å². The van der Waals surface area contributed by atoms with Gasteiger partial charge in [-0.2, -0.15) is 4.57 Å². The topological polar surface area (TPSA) is 13.6 Å². The van der Waals surface area contributed by atoms with Crippen LogP contribution in [0.25, 0.3) is 36.5 Å². The third kappa shape index (κ3) is 10.6. The Morgan fingerprint density at radius 3 is 0.671 bits per heavy atom. The van der Waals surface area contributed by atoms with Crippen molar-refractivity contribution < 1.29 is 4.57 Å². The minimum absolute atomic E-state index is 1.08. The van der Waals surface area contributed by atoms with Crippen molar-refractivity contribution in [3.63, 3.8) is 0 Å². The maximum absolute atomic E-state index is 2.29. The molecule has 4 heteroatoms. The Balaban J connectivity index is 0.955.